The van der Waals surface area contributed by atoms with E-state index in [2.05, 4.69) is 21.2 Å². The van der Waals surface area contributed by atoms with Gasteiger partial charge in [-0.25, -0.2) is 8.42 Å². The molecule has 0 heterocycles. The van der Waals surface area contributed by atoms with Crippen LogP contribution in [-0.2, 0) is 39.0 Å². The van der Waals surface area contributed by atoms with Gasteiger partial charge in [0.2, 0.25) is 11.8 Å². The molecular formula is C35H38BrN3O4S. The van der Waals surface area contributed by atoms with Gasteiger partial charge < -0.3 is 10.2 Å². The van der Waals surface area contributed by atoms with Crippen LogP contribution in [0.3, 0.4) is 0 Å². The minimum atomic E-state index is -4.14. The van der Waals surface area contributed by atoms with Crippen molar-refractivity contribution in [3.63, 3.8) is 0 Å². The number of hydrogen-bond acceptors (Lipinski definition) is 4. The zero-order chi connectivity index (χ0) is 31.7. The van der Waals surface area contributed by atoms with Gasteiger partial charge >= 0.3 is 0 Å². The average Bonchev–Trinajstić information content (AvgIpc) is 3.02. The molecule has 0 aromatic heterocycles. The Balaban J connectivity index is 1.83. The molecule has 44 heavy (non-hydrogen) atoms. The topological polar surface area (TPSA) is 86.8 Å². The van der Waals surface area contributed by atoms with E-state index in [0.717, 1.165) is 21.2 Å². The van der Waals surface area contributed by atoms with Gasteiger partial charge in [-0.1, -0.05) is 102 Å². The van der Waals surface area contributed by atoms with Crippen molar-refractivity contribution in [2.45, 2.75) is 57.1 Å². The van der Waals surface area contributed by atoms with E-state index in [4.69, 9.17) is 0 Å². The lowest BCUT2D eigenvalue weighted by atomic mass is 10.0. The van der Waals surface area contributed by atoms with Crippen molar-refractivity contribution < 1.29 is 18.0 Å². The molecule has 0 unspecified atom stereocenters. The van der Waals surface area contributed by atoms with E-state index >= 15 is 0 Å². The molecule has 0 bridgehead atoms. The lowest BCUT2D eigenvalue weighted by Crippen LogP contribution is -2.54. The number of benzene rings is 4. The van der Waals surface area contributed by atoms with Gasteiger partial charge in [0.15, 0.2) is 0 Å². The van der Waals surface area contributed by atoms with E-state index in [1.165, 1.54) is 21.3 Å². The summed E-state index contributed by atoms with van der Waals surface area (Å²) in [4.78, 5) is 29.9. The highest BCUT2D eigenvalue weighted by Gasteiger charge is 2.35. The van der Waals surface area contributed by atoms with Gasteiger partial charge in [0.25, 0.3) is 10.0 Å². The number of anilines is 1. The van der Waals surface area contributed by atoms with Gasteiger partial charge in [-0.15, -0.1) is 0 Å². The van der Waals surface area contributed by atoms with Crippen LogP contribution in [0.4, 0.5) is 5.69 Å². The summed E-state index contributed by atoms with van der Waals surface area (Å²) in [7, 11) is -4.14. The highest BCUT2D eigenvalue weighted by molar-refractivity contribution is 9.10. The molecule has 4 aromatic carbocycles. The van der Waals surface area contributed by atoms with Gasteiger partial charge in [-0.05, 0) is 67.3 Å². The normalized spacial score (nSPS) is 12.0. The maximum atomic E-state index is 14.5. The fourth-order valence-corrected chi connectivity index (χ4v) is 6.97. The summed E-state index contributed by atoms with van der Waals surface area (Å²) in [6, 6.07) is 31.3. The summed E-state index contributed by atoms with van der Waals surface area (Å²) in [6.45, 7) is 5.31. The lowest BCUT2D eigenvalue weighted by molar-refractivity contribution is -0.140. The Morgan fingerprint density at radius 1 is 0.818 bits per heavy atom. The minimum Gasteiger partial charge on any atom is -0.352 e. The molecule has 0 spiro atoms. The molecule has 230 valence electrons. The summed E-state index contributed by atoms with van der Waals surface area (Å²) in [6.07, 6.45) is 0.830. The number of halogens is 1. The average molecular weight is 677 g/mol. The molecule has 4 aromatic rings. The largest absolute Gasteiger partial charge is 0.352 e. The third-order valence-corrected chi connectivity index (χ3v) is 9.46. The van der Waals surface area contributed by atoms with Crippen LogP contribution >= 0.6 is 15.9 Å². The molecule has 0 radical (unpaired) electrons. The van der Waals surface area contributed by atoms with Crippen LogP contribution in [0.1, 0.15) is 37.5 Å². The predicted molar refractivity (Wildman–Crippen MR) is 179 cm³/mol. The summed E-state index contributed by atoms with van der Waals surface area (Å²) in [5.74, 6) is -0.797. The molecule has 1 atom stereocenters. The first-order valence-electron chi connectivity index (χ1n) is 14.6. The molecule has 0 aliphatic carbocycles. The highest BCUT2D eigenvalue weighted by atomic mass is 79.9. The number of hydrogen-bond donors (Lipinski definition) is 1. The van der Waals surface area contributed by atoms with Crippen molar-refractivity contribution in [1.82, 2.24) is 10.2 Å². The summed E-state index contributed by atoms with van der Waals surface area (Å²) in [5, 5.41) is 2.98. The third kappa shape index (κ3) is 8.36. The molecule has 4 rings (SSSR count). The highest BCUT2D eigenvalue weighted by Crippen LogP contribution is 2.28. The molecule has 0 fully saturated rings. The van der Waals surface area contributed by atoms with Crippen LogP contribution in [0.25, 0.3) is 0 Å². The number of sulfonamides is 1. The second-order valence-electron chi connectivity index (χ2n) is 10.8. The van der Waals surface area contributed by atoms with E-state index in [1.807, 2.05) is 87.5 Å². The molecule has 0 saturated carbocycles. The van der Waals surface area contributed by atoms with Crippen molar-refractivity contribution in [3.05, 3.63) is 130 Å². The van der Waals surface area contributed by atoms with E-state index in [-0.39, 0.29) is 29.8 Å². The maximum absolute atomic E-state index is 14.5. The fraction of sp³-hybridized carbons (Fsp3) is 0.257. The number of amides is 2. The van der Waals surface area contributed by atoms with Crippen molar-refractivity contribution in [2.24, 2.45) is 0 Å². The number of carbonyl (C=O) groups excluding carboxylic acids is 2. The van der Waals surface area contributed by atoms with Crippen molar-refractivity contribution >= 4 is 43.5 Å². The molecule has 7 nitrogen and oxygen atoms in total. The molecule has 0 aliphatic rings. The van der Waals surface area contributed by atoms with Gasteiger partial charge in [0, 0.05) is 23.5 Å². The third-order valence-electron chi connectivity index (χ3n) is 7.20. The summed E-state index contributed by atoms with van der Waals surface area (Å²) < 4.78 is 30.4. The number of nitrogens with one attached hydrogen (secondary N) is 1. The van der Waals surface area contributed by atoms with Crippen molar-refractivity contribution in [2.75, 3.05) is 10.8 Å². The van der Waals surface area contributed by atoms with Gasteiger partial charge in [-0.3, -0.25) is 13.9 Å². The van der Waals surface area contributed by atoms with E-state index in [0.29, 0.717) is 12.1 Å². The van der Waals surface area contributed by atoms with Crippen LogP contribution < -0.4 is 9.62 Å². The van der Waals surface area contributed by atoms with Crippen molar-refractivity contribution in [1.29, 1.82) is 0 Å². The van der Waals surface area contributed by atoms with Crippen LogP contribution in [0, 0.1) is 0 Å². The second-order valence-corrected chi connectivity index (χ2v) is 13.6. The Morgan fingerprint density at radius 2 is 1.43 bits per heavy atom. The molecule has 0 saturated heterocycles. The second kappa shape index (κ2) is 15.2. The molecule has 9 heteroatoms. The number of nitrogens with zero attached hydrogens (tertiary/aromatic N) is 2. The quantitative estimate of drug-likeness (QED) is 0.178. The molecule has 1 N–H and O–H groups in total. The Kier molecular flexibility index (Phi) is 11.4. The Hall–Kier alpha value is -3.95. The smallest absolute Gasteiger partial charge is 0.264 e. The minimum absolute atomic E-state index is 0.0793. The Labute approximate surface area is 269 Å². The summed E-state index contributed by atoms with van der Waals surface area (Å²) >= 11 is 3.51. The summed E-state index contributed by atoms with van der Waals surface area (Å²) in [5.41, 5.74) is 2.90. The Morgan fingerprint density at radius 3 is 2.07 bits per heavy atom. The first-order valence-corrected chi connectivity index (χ1v) is 16.9. The van der Waals surface area contributed by atoms with Gasteiger partial charge in [0.05, 0.1) is 10.6 Å². The first-order chi connectivity index (χ1) is 21.1. The van der Waals surface area contributed by atoms with Crippen LogP contribution in [0.15, 0.2) is 119 Å². The predicted octanol–water partition coefficient (Wildman–Crippen LogP) is 6.37. The number of para-hydroxylation sites is 1. The first kappa shape index (κ1) is 33.0. The molecule has 0 aliphatic heterocycles. The standard InChI is InChI=1S/C35H38BrN3O4S/c1-4-29-17-11-12-21-32(29)39(44(42,43)31-19-9-6-10-20-31)25-34(40)38(24-28-16-13-18-30(36)22-28)33(35(41)37-26(2)3)23-27-14-7-5-8-15-27/h5-22,26,33H,4,23-25H2,1-3H3,(H,37,41)/t33-/m0/s1. The van der Waals surface area contributed by atoms with E-state index in [1.54, 1.807) is 30.3 Å². The van der Waals surface area contributed by atoms with Crippen LogP contribution in [-0.4, -0.2) is 43.8 Å². The molecular weight excluding hydrogens is 638 g/mol. The maximum Gasteiger partial charge on any atom is 0.264 e. The number of rotatable bonds is 13. The number of aryl methyl sites for hydroxylation is 1. The van der Waals surface area contributed by atoms with Gasteiger partial charge in [-0.2, -0.15) is 0 Å². The van der Waals surface area contributed by atoms with Crippen molar-refractivity contribution in [3.8, 4) is 0 Å². The zero-order valence-corrected chi connectivity index (χ0v) is 27.6. The monoisotopic (exact) mass is 675 g/mol. The molecule has 2 amide bonds. The van der Waals surface area contributed by atoms with Crippen LogP contribution in [0.2, 0.25) is 0 Å². The van der Waals surface area contributed by atoms with Crippen LogP contribution in [0.5, 0.6) is 0 Å². The SMILES string of the molecule is CCc1ccccc1N(CC(=O)N(Cc1cccc(Br)c1)[C@@H](Cc1ccccc1)C(=O)NC(C)C)S(=O)(=O)c1ccccc1. The Bertz CT molecular complexity index is 1660. The van der Waals surface area contributed by atoms with Gasteiger partial charge in [0.1, 0.15) is 12.6 Å². The van der Waals surface area contributed by atoms with E-state index in [9.17, 15) is 18.0 Å². The lowest BCUT2D eigenvalue weighted by Gasteiger charge is -2.34. The zero-order valence-electron chi connectivity index (χ0n) is 25.2. The van der Waals surface area contributed by atoms with E-state index < -0.39 is 28.5 Å². The number of carbonyl (C=O) groups is 2. The fourth-order valence-electron chi connectivity index (χ4n) is 5.05.